The van der Waals surface area contributed by atoms with Crippen LogP contribution in [-0.4, -0.2) is 40.7 Å². The predicted molar refractivity (Wildman–Crippen MR) is 134 cm³/mol. The Hall–Kier alpha value is -3.26. The molecule has 34 heavy (non-hydrogen) atoms. The van der Waals surface area contributed by atoms with E-state index in [9.17, 15) is 9.18 Å². The molecule has 3 aromatic rings. The Morgan fingerprint density at radius 1 is 1.15 bits per heavy atom. The summed E-state index contributed by atoms with van der Waals surface area (Å²) in [4.78, 5) is 28.5. The van der Waals surface area contributed by atoms with Crippen LogP contribution in [0.3, 0.4) is 0 Å². The molecule has 0 aliphatic carbocycles. The van der Waals surface area contributed by atoms with E-state index in [0.29, 0.717) is 42.0 Å². The third-order valence-electron chi connectivity index (χ3n) is 6.37. The van der Waals surface area contributed by atoms with E-state index in [2.05, 4.69) is 32.3 Å². The summed E-state index contributed by atoms with van der Waals surface area (Å²) in [5, 5.41) is 3.61. The summed E-state index contributed by atoms with van der Waals surface area (Å²) in [6, 6.07) is 19.4. The molecule has 2 aliphatic rings. The lowest BCUT2D eigenvalue weighted by Gasteiger charge is -2.37. The summed E-state index contributed by atoms with van der Waals surface area (Å²) in [7, 11) is 0. The van der Waals surface area contributed by atoms with Crippen molar-refractivity contribution in [1.29, 1.82) is 0 Å². The van der Waals surface area contributed by atoms with Gasteiger partial charge in [0.2, 0.25) is 5.95 Å². The fraction of sp³-hybridized carbons (Fsp3) is 0.308. The molecule has 1 N–H and O–H groups in total. The Balaban J connectivity index is 1.45. The fourth-order valence-electron chi connectivity index (χ4n) is 4.62. The van der Waals surface area contributed by atoms with Crippen LogP contribution in [0.25, 0.3) is 0 Å². The summed E-state index contributed by atoms with van der Waals surface area (Å²) < 4.78 is 13.9. The van der Waals surface area contributed by atoms with Gasteiger partial charge in [-0.1, -0.05) is 74.1 Å². The maximum absolute atomic E-state index is 14.2. The molecule has 8 heteroatoms. The topological polar surface area (TPSA) is 70.5 Å². The van der Waals surface area contributed by atoms with Crippen LogP contribution in [0.1, 0.15) is 41.4 Å². The number of amides is 1. The molecule has 1 saturated heterocycles. The van der Waals surface area contributed by atoms with Crippen molar-refractivity contribution >= 4 is 28.8 Å². The highest BCUT2D eigenvalue weighted by atomic mass is 32.2. The molecule has 0 saturated carbocycles. The van der Waals surface area contributed by atoms with Gasteiger partial charge >= 0.3 is 0 Å². The molecular formula is C26H26FN5OS. The van der Waals surface area contributed by atoms with E-state index < -0.39 is 0 Å². The molecule has 6 nitrogen and oxygen atoms in total. The number of amidine groups is 1. The summed E-state index contributed by atoms with van der Waals surface area (Å²) >= 11 is 1.58. The standard InChI is InChI=1S/C26H26FN5OS/c1-17(2)22-21(27)14-28-24(30-22)32-15-20-13-29-25(31-23(33)18-9-5-3-6-10-18)34-26(20,16-32)19-11-7-4-8-12-19/h3-12,14,17,20H,13,15-16H2,1-2H3,(H,29,31,33)/t20-,26+/m0/s1. The summed E-state index contributed by atoms with van der Waals surface area (Å²) in [5.41, 5.74) is 2.18. The van der Waals surface area contributed by atoms with Gasteiger partial charge in [0.15, 0.2) is 11.0 Å². The average Bonchev–Trinajstić information content (AvgIpc) is 3.25. The van der Waals surface area contributed by atoms with Crippen molar-refractivity contribution in [2.45, 2.75) is 24.5 Å². The molecule has 1 amide bonds. The van der Waals surface area contributed by atoms with Crippen molar-refractivity contribution in [3.05, 3.63) is 89.5 Å². The Bertz CT molecular complexity index is 1220. The SMILES string of the molecule is CC(C)c1nc(N2C[C@@H]3CN=C(NC(=O)c4ccccc4)S[C@@]3(c3ccccc3)C2)ncc1F. The molecule has 0 bridgehead atoms. The van der Waals surface area contributed by atoms with Gasteiger partial charge in [0, 0.05) is 31.1 Å². The number of aliphatic imine (C=N–C) groups is 1. The van der Waals surface area contributed by atoms with Crippen molar-refractivity contribution in [2.24, 2.45) is 10.9 Å². The second-order valence-corrected chi connectivity index (χ2v) is 10.3. The maximum atomic E-state index is 14.2. The number of nitrogens with one attached hydrogen (secondary N) is 1. The second-order valence-electron chi connectivity index (χ2n) is 8.96. The predicted octanol–water partition coefficient (Wildman–Crippen LogP) is 4.60. The highest BCUT2D eigenvalue weighted by molar-refractivity contribution is 8.14. The van der Waals surface area contributed by atoms with Crippen molar-refractivity contribution in [3.8, 4) is 0 Å². The van der Waals surface area contributed by atoms with E-state index in [1.54, 1.807) is 23.9 Å². The molecule has 1 fully saturated rings. The molecule has 1 aromatic heterocycles. The van der Waals surface area contributed by atoms with E-state index in [0.717, 1.165) is 0 Å². The lowest BCUT2D eigenvalue weighted by molar-refractivity contribution is 0.0977. The molecule has 2 atom stereocenters. The minimum Gasteiger partial charge on any atom is -0.339 e. The van der Waals surface area contributed by atoms with Gasteiger partial charge in [0.05, 0.1) is 16.6 Å². The van der Waals surface area contributed by atoms with E-state index in [1.165, 1.54) is 11.8 Å². The van der Waals surface area contributed by atoms with E-state index in [-0.39, 0.29) is 28.3 Å². The summed E-state index contributed by atoms with van der Waals surface area (Å²) in [6.07, 6.45) is 1.27. The Morgan fingerprint density at radius 3 is 2.56 bits per heavy atom. The van der Waals surface area contributed by atoms with Crippen LogP contribution in [0.5, 0.6) is 0 Å². The van der Waals surface area contributed by atoms with Gasteiger partial charge < -0.3 is 10.2 Å². The van der Waals surface area contributed by atoms with Gasteiger partial charge in [0.25, 0.3) is 5.91 Å². The van der Waals surface area contributed by atoms with E-state index >= 15 is 0 Å². The van der Waals surface area contributed by atoms with Crippen LogP contribution >= 0.6 is 11.8 Å². The lowest BCUT2D eigenvalue weighted by Crippen LogP contribution is -2.42. The van der Waals surface area contributed by atoms with Crippen molar-refractivity contribution in [1.82, 2.24) is 15.3 Å². The normalized spacial score (nSPS) is 21.8. The largest absolute Gasteiger partial charge is 0.339 e. The molecule has 174 valence electrons. The number of aromatic nitrogens is 2. The zero-order chi connectivity index (χ0) is 23.7. The van der Waals surface area contributed by atoms with Crippen LogP contribution in [0.15, 0.2) is 71.9 Å². The average molecular weight is 476 g/mol. The highest BCUT2D eigenvalue weighted by Crippen LogP contribution is 2.51. The smallest absolute Gasteiger partial charge is 0.257 e. The summed E-state index contributed by atoms with van der Waals surface area (Å²) in [5.74, 6) is 0.134. The molecule has 0 unspecified atom stereocenters. The molecule has 2 aromatic carbocycles. The van der Waals surface area contributed by atoms with Crippen molar-refractivity contribution in [2.75, 3.05) is 24.5 Å². The number of anilines is 1. The number of thioether (sulfide) groups is 1. The second kappa shape index (κ2) is 9.18. The zero-order valence-electron chi connectivity index (χ0n) is 19.1. The third kappa shape index (κ3) is 4.18. The number of hydrogen-bond donors (Lipinski definition) is 1. The molecular weight excluding hydrogens is 449 g/mol. The fourth-order valence-corrected chi connectivity index (χ4v) is 6.04. The van der Waals surface area contributed by atoms with Gasteiger partial charge in [-0.25, -0.2) is 14.4 Å². The number of carbonyl (C=O) groups excluding carboxylic acids is 1. The van der Waals surface area contributed by atoms with Crippen LogP contribution in [0.2, 0.25) is 0 Å². The monoisotopic (exact) mass is 475 g/mol. The minimum atomic E-state index is -0.378. The number of fused-ring (bicyclic) bond motifs is 1. The van der Waals surface area contributed by atoms with E-state index in [4.69, 9.17) is 4.99 Å². The number of nitrogens with zero attached hydrogens (tertiary/aromatic N) is 4. The first-order chi connectivity index (χ1) is 16.5. The van der Waals surface area contributed by atoms with Gasteiger partial charge in [0.1, 0.15) is 0 Å². The number of halogens is 1. The van der Waals surface area contributed by atoms with Gasteiger partial charge in [-0.2, -0.15) is 0 Å². The van der Waals surface area contributed by atoms with Crippen LogP contribution in [0, 0.1) is 11.7 Å². The van der Waals surface area contributed by atoms with Gasteiger partial charge in [-0.3, -0.25) is 9.79 Å². The number of benzene rings is 2. The lowest BCUT2D eigenvalue weighted by atomic mass is 9.87. The molecule has 5 rings (SSSR count). The summed E-state index contributed by atoms with van der Waals surface area (Å²) in [6.45, 7) is 5.76. The minimum absolute atomic E-state index is 0.0350. The van der Waals surface area contributed by atoms with Crippen molar-refractivity contribution in [3.63, 3.8) is 0 Å². The first-order valence-electron chi connectivity index (χ1n) is 11.4. The molecule has 0 radical (unpaired) electrons. The molecule has 0 spiro atoms. The Labute approximate surface area is 202 Å². The molecule has 3 heterocycles. The first-order valence-corrected chi connectivity index (χ1v) is 12.2. The first kappa shape index (κ1) is 22.5. The van der Waals surface area contributed by atoms with Crippen molar-refractivity contribution < 1.29 is 9.18 Å². The van der Waals surface area contributed by atoms with Gasteiger partial charge in [-0.15, -0.1) is 0 Å². The number of carbonyl (C=O) groups is 1. The Morgan fingerprint density at radius 2 is 1.85 bits per heavy atom. The molecule has 2 aliphatic heterocycles. The quantitative estimate of drug-likeness (QED) is 0.597. The maximum Gasteiger partial charge on any atom is 0.257 e. The number of rotatable bonds is 4. The highest BCUT2D eigenvalue weighted by Gasteiger charge is 2.52. The zero-order valence-corrected chi connectivity index (χ0v) is 19.9. The van der Waals surface area contributed by atoms with E-state index in [1.807, 2.05) is 50.2 Å². The Kier molecular flexibility index (Phi) is 6.08. The van der Waals surface area contributed by atoms with Crippen LogP contribution < -0.4 is 10.2 Å². The van der Waals surface area contributed by atoms with Gasteiger partial charge in [-0.05, 0) is 23.6 Å². The number of hydrogen-bond acceptors (Lipinski definition) is 6. The van der Waals surface area contributed by atoms with Crippen LogP contribution in [-0.2, 0) is 4.75 Å². The third-order valence-corrected chi connectivity index (χ3v) is 7.85. The van der Waals surface area contributed by atoms with Crippen LogP contribution in [0.4, 0.5) is 10.3 Å².